The van der Waals surface area contributed by atoms with Crippen LogP contribution < -0.4 is 5.32 Å². The molecule has 0 aromatic carbocycles. The summed E-state index contributed by atoms with van der Waals surface area (Å²) in [5.74, 6) is 0.980. The van der Waals surface area contributed by atoms with Crippen LogP contribution in [0.25, 0.3) is 0 Å². The van der Waals surface area contributed by atoms with Crippen LogP contribution in [0.4, 0.5) is 0 Å². The minimum absolute atomic E-state index is 0.155. The van der Waals surface area contributed by atoms with E-state index < -0.39 is 0 Å². The number of nitrogens with zero attached hydrogens (tertiary/aromatic N) is 3. The highest BCUT2D eigenvalue weighted by Gasteiger charge is 2.19. The van der Waals surface area contributed by atoms with Crippen LogP contribution in [0.2, 0.25) is 0 Å². The van der Waals surface area contributed by atoms with Crippen molar-refractivity contribution in [2.75, 3.05) is 6.54 Å². The fraction of sp³-hybridized carbons (Fsp3) is 0.538. The van der Waals surface area contributed by atoms with Gasteiger partial charge in [0, 0.05) is 16.8 Å². The Labute approximate surface area is 112 Å². The molecule has 98 valence electrons. The van der Waals surface area contributed by atoms with E-state index in [9.17, 15) is 0 Å². The van der Waals surface area contributed by atoms with Gasteiger partial charge in [0.2, 0.25) is 0 Å². The number of nitrogens with one attached hydrogen (secondary N) is 1. The molecule has 1 N–H and O–H groups in total. The Morgan fingerprint density at radius 1 is 1.39 bits per heavy atom. The van der Waals surface area contributed by atoms with Gasteiger partial charge in [0.15, 0.2) is 0 Å². The molecule has 0 aliphatic rings. The zero-order chi connectivity index (χ0) is 13.0. The van der Waals surface area contributed by atoms with E-state index in [0.717, 1.165) is 25.2 Å². The number of thiophene rings is 1. The molecule has 0 saturated carbocycles. The average molecular weight is 264 g/mol. The maximum Gasteiger partial charge on any atom is 0.149 e. The lowest BCUT2D eigenvalue weighted by Crippen LogP contribution is -2.25. The highest BCUT2D eigenvalue weighted by atomic mass is 32.1. The molecule has 2 rings (SSSR count). The van der Waals surface area contributed by atoms with Gasteiger partial charge in [0.1, 0.15) is 18.2 Å². The summed E-state index contributed by atoms with van der Waals surface area (Å²) in [6, 6.07) is 4.56. The Bertz CT molecular complexity index is 489. The summed E-state index contributed by atoms with van der Waals surface area (Å²) in [6.45, 7) is 5.34. The molecular weight excluding hydrogens is 244 g/mol. The van der Waals surface area contributed by atoms with E-state index in [1.165, 1.54) is 9.75 Å². The molecule has 0 radical (unpaired) electrons. The fourth-order valence-electron chi connectivity index (χ4n) is 1.91. The van der Waals surface area contributed by atoms with Crippen molar-refractivity contribution >= 4 is 11.3 Å². The van der Waals surface area contributed by atoms with Crippen LogP contribution in [0.1, 0.15) is 41.9 Å². The van der Waals surface area contributed by atoms with Crippen molar-refractivity contribution < 1.29 is 0 Å². The molecule has 1 unspecified atom stereocenters. The van der Waals surface area contributed by atoms with Crippen LogP contribution in [-0.2, 0) is 13.5 Å². The highest BCUT2D eigenvalue weighted by molar-refractivity contribution is 7.12. The number of aryl methyl sites for hydroxylation is 2. The van der Waals surface area contributed by atoms with Crippen LogP contribution in [0.5, 0.6) is 0 Å². The lowest BCUT2D eigenvalue weighted by molar-refractivity contribution is 0.548. The topological polar surface area (TPSA) is 42.7 Å². The molecule has 0 aliphatic carbocycles. The Morgan fingerprint density at radius 2 is 2.22 bits per heavy atom. The van der Waals surface area contributed by atoms with Crippen LogP contribution in [-0.4, -0.2) is 21.3 Å². The van der Waals surface area contributed by atoms with Crippen LogP contribution in [0, 0.1) is 0 Å². The molecule has 0 fully saturated rings. The Morgan fingerprint density at radius 3 is 2.78 bits per heavy atom. The van der Waals surface area contributed by atoms with Crippen molar-refractivity contribution in [3.63, 3.8) is 0 Å². The van der Waals surface area contributed by atoms with Gasteiger partial charge in [-0.1, -0.05) is 13.8 Å². The second-order valence-electron chi connectivity index (χ2n) is 4.29. The number of hydrogen-bond acceptors (Lipinski definition) is 4. The normalized spacial score (nSPS) is 12.8. The van der Waals surface area contributed by atoms with Crippen molar-refractivity contribution in [2.24, 2.45) is 7.05 Å². The summed E-state index contributed by atoms with van der Waals surface area (Å²) in [5, 5.41) is 7.72. The lowest BCUT2D eigenvalue weighted by atomic mass is 10.2. The van der Waals surface area contributed by atoms with E-state index in [4.69, 9.17) is 0 Å². The summed E-state index contributed by atoms with van der Waals surface area (Å²) in [4.78, 5) is 7.11. The van der Waals surface area contributed by atoms with Crippen molar-refractivity contribution in [3.05, 3.63) is 34.0 Å². The molecule has 0 saturated heterocycles. The van der Waals surface area contributed by atoms with E-state index >= 15 is 0 Å². The van der Waals surface area contributed by atoms with Gasteiger partial charge in [-0.2, -0.15) is 5.10 Å². The maximum absolute atomic E-state index is 4.38. The smallest absolute Gasteiger partial charge is 0.149 e. The van der Waals surface area contributed by atoms with Gasteiger partial charge in [0.25, 0.3) is 0 Å². The quantitative estimate of drug-likeness (QED) is 0.872. The van der Waals surface area contributed by atoms with E-state index in [1.807, 2.05) is 23.1 Å². The molecule has 0 aliphatic heterocycles. The lowest BCUT2D eigenvalue weighted by Gasteiger charge is -2.16. The van der Waals surface area contributed by atoms with Crippen molar-refractivity contribution in [2.45, 2.75) is 32.7 Å². The zero-order valence-corrected chi connectivity index (χ0v) is 12.0. The van der Waals surface area contributed by atoms with Crippen molar-refractivity contribution in [1.82, 2.24) is 20.1 Å². The van der Waals surface area contributed by atoms with Gasteiger partial charge in [0.05, 0.1) is 0 Å². The maximum atomic E-state index is 4.38. The summed E-state index contributed by atoms with van der Waals surface area (Å²) in [6.07, 6.45) is 3.81. The summed E-state index contributed by atoms with van der Waals surface area (Å²) in [7, 11) is 1.94. The third-order valence-electron chi connectivity index (χ3n) is 2.92. The van der Waals surface area contributed by atoms with E-state index in [2.05, 4.69) is 41.4 Å². The summed E-state index contributed by atoms with van der Waals surface area (Å²) < 4.78 is 1.85. The second kappa shape index (κ2) is 6.11. The number of rotatable bonds is 6. The largest absolute Gasteiger partial charge is 0.303 e. The summed E-state index contributed by atoms with van der Waals surface area (Å²) in [5.41, 5.74) is 0. The Hall–Kier alpha value is -1.20. The van der Waals surface area contributed by atoms with Crippen LogP contribution in [0.3, 0.4) is 0 Å². The average Bonchev–Trinajstić information content (AvgIpc) is 3.00. The first-order valence-electron chi connectivity index (χ1n) is 6.42. The zero-order valence-electron chi connectivity index (χ0n) is 11.2. The molecule has 0 amide bonds. The van der Waals surface area contributed by atoms with Crippen molar-refractivity contribution in [1.29, 1.82) is 0 Å². The monoisotopic (exact) mass is 264 g/mol. The van der Waals surface area contributed by atoms with E-state index in [1.54, 1.807) is 6.33 Å². The number of aromatic nitrogens is 3. The van der Waals surface area contributed by atoms with Gasteiger partial charge in [-0.3, -0.25) is 4.68 Å². The Balaban J connectivity index is 2.27. The highest BCUT2D eigenvalue weighted by Crippen LogP contribution is 2.27. The SMILES string of the molecule is CCCNC(c1ccc(CC)s1)c1ncnn1C. The molecule has 2 aromatic rings. The van der Waals surface area contributed by atoms with Gasteiger partial charge in [-0.25, -0.2) is 4.98 Å². The van der Waals surface area contributed by atoms with Crippen LogP contribution >= 0.6 is 11.3 Å². The van der Waals surface area contributed by atoms with Gasteiger partial charge in [-0.05, 0) is 31.5 Å². The minimum Gasteiger partial charge on any atom is -0.303 e. The molecular formula is C13H20N4S. The standard InChI is InChI=1S/C13H20N4S/c1-4-8-14-12(13-15-9-16-17(13)3)11-7-6-10(5-2)18-11/h6-7,9,12,14H,4-5,8H2,1-3H3. The Kier molecular flexibility index (Phi) is 4.49. The first-order chi connectivity index (χ1) is 8.76. The van der Waals surface area contributed by atoms with Gasteiger partial charge in [-0.15, -0.1) is 11.3 Å². The van der Waals surface area contributed by atoms with E-state index in [0.29, 0.717) is 0 Å². The number of hydrogen-bond donors (Lipinski definition) is 1. The summed E-state index contributed by atoms with van der Waals surface area (Å²) >= 11 is 1.85. The molecule has 0 spiro atoms. The van der Waals surface area contributed by atoms with E-state index in [-0.39, 0.29) is 6.04 Å². The fourth-order valence-corrected chi connectivity index (χ4v) is 2.94. The first-order valence-corrected chi connectivity index (χ1v) is 7.23. The third-order valence-corrected chi connectivity index (χ3v) is 4.21. The second-order valence-corrected chi connectivity index (χ2v) is 5.49. The molecule has 18 heavy (non-hydrogen) atoms. The molecule has 4 nitrogen and oxygen atoms in total. The van der Waals surface area contributed by atoms with Gasteiger partial charge < -0.3 is 5.32 Å². The van der Waals surface area contributed by atoms with Crippen LogP contribution in [0.15, 0.2) is 18.5 Å². The molecule has 1 atom stereocenters. The third kappa shape index (κ3) is 2.79. The first kappa shape index (κ1) is 13.2. The minimum atomic E-state index is 0.155. The predicted molar refractivity (Wildman–Crippen MR) is 74.8 cm³/mol. The molecule has 2 aromatic heterocycles. The predicted octanol–water partition coefficient (Wildman–Crippen LogP) is 2.53. The molecule has 0 bridgehead atoms. The molecule has 2 heterocycles. The van der Waals surface area contributed by atoms with Crippen molar-refractivity contribution in [3.8, 4) is 0 Å². The molecule has 5 heteroatoms. The van der Waals surface area contributed by atoms with Gasteiger partial charge >= 0.3 is 0 Å².